The number of carbonyl (C=O) groups is 4. The SMILES string of the molecule is CC(=O)N[C@@H](Cc1ccccn1)C(=O)N[C@@H](CCC(=O)C=N)C(=O)NCc1ccc(F)cc1. The highest BCUT2D eigenvalue weighted by Gasteiger charge is 2.27. The molecule has 9 nitrogen and oxygen atoms in total. The number of pyridine rings is 1. The average molecular weight is 455 g/mol. The van der Waals surface area contributed by atoms with Crippen LogP contribution in [0.2, 0.25) is 0 Å². The first-order chi connectivity index (χ1) is 15.8. The number of hydrogen-bond acceptors (Lipinski definition) is 6. The maximum atomic E-state index is 13.1. The van der Waals surface area contributed by atoms with Crippen LogP contribution in [-0.4, -0.2) is 46.8 Å². The Balaban J connectivity index is 2.10. The normalized spacial score (nSPS) is 12.2. The number of benzene rings is 1. The highest BCUT2D eigenvalue weighted by molar-refractivity contribution is 6.26. The van der Waals surface area contributed by atoms with Crippen molar-refractivity contribution >= 4 is 29.7 Å². The summed E-state index contributed by atoms with van der Waals surface area (Å²) in [5.41, 5.74) is 1.22. The molecule has 2 aromatic rings. The zero-order valence-electron chi connectivity index (χ0n) is 18.1. The lowest BCUT2D eigenvalue weighted by Gasteiger charge is -2.22. The molecule has 0 bridgehead atoms. The lowest BCUT2D eigenvalue weighted by molar-refractivity contribution is -0.132. The Kier molecular flexibility index (Phi) is 9.81. The third-order valence-electron chi connectivity index (χ3n) is 4.69. The maximum absolute atomic E-state index is 13.1. The number of amides is 3. The maximum Gasteiger partial charge on any atom is 0.243 e. The van der Waals surface area contributed by atoms with Crippen molar-refractivity contribution in [3.63, 3.8) is 0 Å². The summed E-state index contributed by atoms with van der Waals surface area (Å²) in [5.74, 6) is -2.49. The summed E-state index contributed by atoms with van der Waals surface area (Å²) in [6, 6.07) is 8.67. The van der Waals surface area contributed by atoms with E-state index in [-0.39, 0.29) is 25.8 Å². The van der Waals surface area contributed by atoms with Gasteiger partial charge in [0.1, 0.15) is 17.9 Å². The topological polar surface area (TPSA) is 141 Å². The number of hydrogen-bond donors (Lipinski definition) is 4. The first kappa shape index (κ1) is 25.3. The summed E-state index contributed by atoms with van der Waals surface area (Å²) in [4.78, 5) is 53.0. The first-order valence-corrected chi connectivity index (χ1v) is 10.3. The second kappa shape index (κ2) is 12.8. The van der Waals surface area contributed by atoms with E-state index in [0.29, 0.717) is 17.5 Å². The van der Waals surface area contributed by atoms with Gasteiger partial charge < -0.3 is 21.4 Å². The van der Waals surface area contributed by atoms with Gasteiger partial charge >= 0.3 is 0 Å². The molecule has 10 heteroatoms. The van der Waals surface area contributed by atoms with Crippen LogP contribution >= 0.6 is 0 Å². The van der Waals surface area contributed by atoms with Gasteiger partial charge in [0.2, 0.25) is 17.7 Å². The molecule has 0 spiro atoms. The molecule has 0 fully saturated rings. The third-order valence-corrected chi connectivity index (χ3v) is 4.69. The molecule has 2 atom stereocenters. The van der Waals surface area contributed by atoms with Gasteiger partial charge in [0.25, 0.3) is 0 Å². The largest absolute Gasteiger partial charge is 0.350 e. The van der Waals surface area contributed by atoms with Crippen molar-refractivity contribution in [1.82, 2.24) is 20.9 Å². The Morgan fingerprint density at radius 3 is 2.36 bits per heavy atom. The Morgan fingerprint density at radius 1 is 1.03 bits per heavy atom. The zero-order chi connectivity index (χ0) is 24.2. The van der Waals surface area contributed by atoms with E-state index in [1.807, 2.05) is 0 Å². The van der Waals surface area contributed by atoms with Gasteiger partial charge in [-0.1, -0.05) is 18.2 Å². The molecule has 4 N–H and O–H groups in total. The minimum Gasteiger partial charge on any atom is -0.350 e. The van der Waals surface area contributed by atoms with Crippen LogP contribution in [0.15, 0.2) is 48.7 Å². The number of ketones is 1. The fourth-order valence-electron chi connectivity index (χ4n) is 3.00. The van der Waals surface area contributed by atoms with E-state index in [0.717, 1.165) is 0 Å². The highest BCUT2D eigenvalue weighted by atomic mass is 19.1. The summed E-state index contributed by atoms with van der Waals surface area (Å²) < 4.78 is 13.1. The van der Waals surface area contributed by atoms with Crippen LogP contribution in [0.4, 0.5) is 4.39 Å². The first-order valence-electron chi connectivity index (χ1n) is 10.3. The Bertz CT molecular complexity index is 982. The standard InChI is InChI=1S/C23H26FN5O4/c1-15(30)28-21(12-18-4-2-3-11-26-18)23(33)29-20(10-9-19(31)13-25)22(32)27-14-16-5-7-17(24)8-6-16/h2-8,11,13,20-21,25H,9-10,12,14H2,1H3,(H,27,32)(H,28,30)(H,29,33)/t20-,21-/m0/s1. The van der Waals surface area contributed by atoms with Gasteiger partial charge in [-0.15, -0.1) is 0 Å². The Morgan fingerprint density at radius 2 is 1.76 bits per heavy atom. The number of rotatable bonds is 12. The number of nitrogens with zero attached hydrogens (tertiary/aromatic N) is 1. The van der Waals surface area contributed by atoms with Crippen molar-refractivity contribution in [2.75, 3.05) is 0 Å². The predicted octanol–water partition coefficient (Wildman–Crippen LogP) is 1.07. The van der Waals surface area contributed by atoms with Crippen molar-refractivity contribution in [2.45, 2.75) is 44.8 Å². The van der Waals surface area contributed by atoms with Gasteiger partial charge in [-0.25, -0.2) is 4.39 Å². The quantitative estimate of drug-likeness (QED) is 0.354. The third kappa shape index (κ3) is 8.98. The van der Waals surface area contributed by atoms with Crippen LogP contribution in [0.25, 0.3) is 0 Å². The number of nitrogens with one attached hydrogen (secondary N) is 4. The molecule has 0 radical (unpaired) electrons. The van der Waals surface area contributed by atoms with Crippen molar-refractivity contribution in [2.24, 2.45) is 0 Å². The van der Waals surface area contributed by atoms with E-state index in [1.54, 1.807) is 24.4 Å². The molecule has 1 aromatic carbocycles. The van der Waals surface area contributed by atoms with Crippen LogP contribution in [-0.2, 0) is 32.1 Å². The van der Waals surface area contributed by atoms with E-state index in [2.05, 4.69) is 20.9 Å². The zero-order valence-corrected chi connectivity index (χ0v) is 18.1. The van der Waals surface area contributed by atoms with Crippen LogP contribution < -0.4 is 16.0 Å². The molecular weight excluding hydrogens is 429 g/mol. The van der Waals surface area contributed by atoms with Crippen LogP contribution in [0.3, 0.4) is 0 Å². The second-order valence-corrected chi connectivity index (χ2v) is 7.33. The van der Waals surface area contributed by atoms with Crippen LogP contribution in [0.5, 0.6) is 0 Å². The van der Waals surface area contributed by atoms with Gasteiger partial charge in [-0.2, -0.15) is 0 Å². The summed E-state index contributed by atoms with van der Waals surface area (Å²) in [7, 11) is 0. The lowest BCUT2D eigenvalue weighted by atomic mass is 10.1. The van der Waals surface area contributed by atoms with Crippen molar-refractivity contribution in [3.8, 4) is 0 Å². The summed E-state index contributed by atoms with van der Waals surface area (Å²) in [6.45, 7) is 1.36. The number of aromatic nitrogens is 1. The van der Waals surface area contributed by atoms with Crippen molar-refractivity contribution in [3.05, 3.63) is 65.7 Å². The summed E-state index contributed by atoms with van der Waals surface area (Å²) >= 11 is 0. The number of halogens is 1. The Labute approximate surface area is 190 Å². The molecule has 0 aliphatic rings. The summed E-state index contributed by atoms with van der Waals surface area (Å²) in [5, 5.41) is 14.8. The molecule has 1 heterocycles. The van der Waals surface area contributed by atoms with Gasteiger partial charge in [-0.3, -0.25) is 24.2 Å². The predicted molar refractivity (Wildman–Crippen MR) is 119 cm³/mol. The molecule has 2 rings (SSSR count). The fraction of sp³-hybridized carbons (Fsp3) is 0.304. The number of carbonyl (C=O) groups excluding carboxylic acids is 4. The molecule has 33 heavy (non-hydrogen) atoms. The van der Waals surface area contributed by atoms with E-state index in [1.165, 1.54) is 31.2 Å². The second-order valence-electron chi connectivity index (χ2n) is 7.33. The van der Waals surface area contributed by atoms with Gasteiger partial charge in [0.15, 0.2) is 5.78 Å². The lowest BCUT2D eigenvalue weighted by Crippen LogP contribution is -2.54. The molecule has 0 aliphatic carbocycles. The molecule has 1 aromatic heterocycles. The molecule has 0 saturated carbocycles. The Hall–Kier alpha value is -3.95. The van der Waals surface area contributed by atoms with E-state index >= 15 is 0 Å². The van der Waals surface area contributed by atoms with Crippen LogP contribution in [0, 0.1) is 11.2 Å². The molecule has 0 unspecified atom stereocenters. The van der Waals surface area contributed by atoms with E-state index in [4.69, 9.17) is 5.41 Å². The van der Waals surface area contributed by atoms with Crippen molar-refractivity contribution in [1.29, 1.82) is 5.41 Å². The smallest absolute Gasteiger partial charge is 0.243 e. The van der Waals surface area contributed by atoms with Crippen molar-refractivity contribution < 1.29 is 23.6 Å². The van der Waals surface area contributed by atoms with Gasteiger partial charge in [-0.05, 0) is 36.2 Å². The van der Waals surface area contributed by atoms with Crippen LogP contribution in [0.1, 0.15) is 31.0 Å². The number of Topliss-reactive ketones (excluding diaryl/α,β-unsaturated/α-hetero) is 1. The molecule has 0 saturated heterocycles. The van der Waals surface area contributed by atoms with E-state index < -0.39 is 41.4 Å². The highest BCUT2D eigenvalue weighted by Crippen LogP contribution is 2.06. The average Bonchev–Trinajstić information content (AvgIpc) is 2.80. The molecular formula is C23H26FN5O4. The fourth-order valence-corrected chi connectivity index (χ4v) is 3.00. The van der Waals surface area contributed by atoms with Gasteiger partial charge in [0, 0.05) is 38.2 Å². The molecule has 174 valence electrons. The summed E-state index contributed by atoms with van der Waals surface area (Å²) in [6.07, 6.45) is 2.16. The van der Waals surface area contributed by atoms with E-state index in [9.17, 15) is 23.6 Å². The molecule has 0 aliphatic heterocycles. The minimum absolute atomic E-state index is 0.0361. The monoisotopic (exact) mass is 455 g/mol. The molecule has 3 amide bonds. The van der Waals surface area contributed by atoms with Gasteiger partial charge in [0.05, 0.1) is 6.21 Å². The minimum atomic E-state index is -1.08.